The van der Waals surface area contributed by atoms with Gasteiger partial charge in [-0.2, -0.15) is 0 Å². The van der Waals surface area contributed by atoms with Gasteiger partial charge in [-0.15, -0.1) is 0 Å². The lowest BCUT2D eigenvalue weighted by molar-refractivity contribution is 0.223. The summed E-state index contributed by atoms with van der Waals surface area (Å²) in [6.45, 7) is 5.53. The van der Waals surface area contributed by atoms with Gasteiger partial charge in [-0.1, -0.05) is 52.4 Å². The normalized spacial score (nSPS) is 12.6. The fourth-order valence-electron chi connectivity index (χ4n) is 1.79. The van der Waals surface area contributed by atoms with Gasteiger partial charge in [0.2, 0.25) is 0 Å². The van der Waals surface area contributed by atoms with Crippen LogP contribution in [0.15, 0.2) is 9.98 Å². The van der Waals surface area contributed by atoms with Crippen molar-refractivity contribution in [3.63, 3.8) is 0 Å². The molecule has 0 atom stereocenters. The Labute approximate surface area is 122 Å². The molecular weight excluding hydrogens is 256 g/mol. The van der Waals surface area contributed by atoms with Crippen LogP contribution in [0.5, 0.6) is 0 Å². The quantitative estimate of drug-likeness (QED) is 0.215. The molecule has 0 bridgehead atoms. The fraction of sp³-hybridized carbons (Fsp3) is 0.857. The Balaban J connectivity index is 4.18. The van der Waals surface area contributed by atoms with E-state index in [1.807, 2.05) is 11.0 Å². The van der Waals surface area contributed by atoms with Gasteiger partial charge in [0.05, 0.1) is 0 Å². The lowest BCUT2D eigenvalue weighted by atomic mass is 10.2. The van der Waals surface area contributed by atoms with Gasteiger partial charge < -0.3 is 0 Å². The predicted molar refractivity (Wildman–Crippen MR) is 82.7 cm³/mol. The third-order valence-electron chi connectivity index (χ3n) is 3.00. The standard InChI is InChI=1S/C14H30N4O2/c1-3-5-7-9-11-15-13(17-19)14(18-20)16-12-10-8-6-4-2/h19-20H,3-12H2,1-2H3,(H,15,17)(H,16,18). The lowest BCUT2D eigenvalue weighted by Gasteiger charge is -2.07. The third-order valence-corrected chi connectivity index (χ3v) is 3.00. The highest BCUT2D eigenvalue weighted by Gasteiger charge is 2.06. The molecule has 0 fully saturated rings. The zero-order valence-corrected chi connectivity index (χ0v) is 12.9. The Morgan fingerprint density at radius 3 is 1.40 bits per heavy atom. The summed E-state index contributed by atoms with van der Waals surface area (Å²) < 4.78 is 0. The molecule has 0 aromatic rings. The Morgan fingerprint density at radius 1 is 0.700 bits per heavy atom. The average Bonchev–Trinajstić information content (AvgIpc) is 2.48. The van der Waals surface area contributed by atoms with Crippen LogP contribution in [0.3, 0.4) is 0 Å². The highest BCUT2D eigenvalue weighted by atomic mass is 16.5. The second-order valence-electron chi connectivity index (χ2n) is 4.81. The van der Waals surface area contributed by atoms with Gasteiger partial charge in [0.15, 0.2) is 11.7 Å². The van der Waals surface area contributed by atoms with Crippen LogP contribution in [0.25, 0.3) is 0 Å². The molecule has 0 rings (SSSR count). The van der Waals surface area contributed by atoms with E-state index in [2.05, 4.69) is 23.8 Å². The van der Waals surface area contributed by atoms with Crippen molar-refractivity contribution in [2.75, 3.05) is 13.1 Å². The topological polar surface area (TPSA) is 89.2 Å². The molecular formula is C14H30N4O2. The second kappa shape index (κ2) is 14.3. The Morgan fingerprint density at radius 2 is 1.10 bits per heavy atom. The minimum atomic E-state index is 0.194. The first-order chi connectivity index (χ1) is 9.79. The van der Waals surface area contributed by atoms with Crippen LogP contribution in [0.2, 0.25) is 0 Å². The molecule has 6 heteroatoms. The van der Waals surface area contributed by atoms with Gasteiger partial charge in [0.25, 0.3) is 0 Å². The fourth-order valence-corrected chi connectivity index (χ4v) is 1.79. The number of hydrogen-bond donors (Lipinski definition) is 4. The molecule has 0 saturated heterocycles. The van der Waals surface area contributed by atoms with Crippen molar-refractivity contribution in [2.24, 2.45) is 9.98 Å². The van der Waals surface area contributed by atoms with E-state index in [1.54, 1.807) is 0 Å². The highest BCUT2D eigenvalue weighted by Crippen LogP contribution is 2.00. The summed E-state index contributed by atoms with van der Waals surface area (Å²) in [4.78, 5) is 8.41. The smallest absolute Gasteiger partial charge is 0.190 e. The summed E-state index contributed by atoms with van der Waals surface area (Å²) in [6.07, 6.45) is 8.91. The molecule has 0 amide bonds. The maximum Gasteiger partial charge on any atom is 0.190 e. The van der Waals surface area contributed by atoms with Gasteiger partial charge in [0.1, 0.15) is 0 Å². The summed E-state index contributed by atoms with van der Waals surface area (Å²) >= 11 is 0. The molecule has 6 nitrogen and oxygen atoms in total. The molecule has 0 heterocycles. The second-order valence-corrected chi connectivity index (χ2v) is 4.81. The largest absolute Gasteiger partial charge is 0.290 e. The number of nitrogens with zero attached hydrogens (tertiary/aromatic N) is 2. The van der Waals surface area contributed by atoms with Gasteiger partial charge in [-0.25, -0.2) is 11.0 Å². The van der Waals surface area contributed by atoms with Gasteiger partial charge in [-0.3, -0.25) is 20.4 Å². The average molecular weight is 286 g/mol. The van der Waals surface area contributed by atoms with E-state index >= 15 is 0 Å². The van der Waals surface area contributed by atoms with Crippen molar-refractivity contribution in [2.45, 2.75) is 65.2 Å². The molecule has 118 valence electrons. The predicted octanol–water partition coefficient (Wildman–Crippen LogP) is 2.90. The van der Waals surface area contributed by atoms with Crippen molar-refractivity contribution in [3.8, 4) is 0 Å². The van der Waals surface area contributed by atoms with Crippen LogP contribution in [0.4, 0.5) is 0 Å². The summed E-state index contributed by atoms with van der Waals surface area (Å²) in [6, 6.07) is 0. The summed E-state index contributed by atoms with van der Waals surface area (Å²) in [5.74, 6) is 0.388. The zero-order valence-electron chi connectivity index (χ0n) is 12.9. The van der Waals surface area contributed by atoms with Crippen molar-refractivity contribution in [1.82, 2.24) is 11.0 Å². The van der Waals surface area contributed by atoms with Gasteiger partial charge in [0, 0.05) is 13.1 Å². The lowest BCUT2D eigenvalue weighted by Crippen LogP contribution is -2.37. The molecule has 20 heavy (non-hydrogen) atoms. The first-order valence-electron chi connectivity index (χ1n) is 7.69. The number of hydrogen-bond acceptors (Lipinski definition) is 4. The van der Waals surface area contributed by atoms with Crippen LogP contribution in [-0.2, 0) is 0 Å². The Bertz CT molecular complexity index is 252. The molecule has 0 unspecified atom stereocenters. The maximum atomic E-state index is 9.06. The van der Waals surface area contributed by atoms with Crippen LogP contribution in [0.1, 0.15) is 65.2 Å². The molecule has 0 aromatic carbocycles. The summed E-state index contributed by atoms with van der Waals surface area (Å²) in [5.41, 5.74) is 3.99. The van der Waals surface area contributed by atoms with Crippen LogP contribution in [0, 0.1) is 0 Å². The number of amidine groups is 2. The van der Waals surface area contributed by atoms with Crippen LogP contribution < -0.4 is 11.0 Å². The Kier molecular flexibility index (Phi) is 13.5. The molecule has 0 aliphatic heterocycles. The molecule has 0 spiro atoms. The zero-order chi connectivity index (χ0) is 15.1. The number of hydroxylamine groups is 2. The minimum Gasteiger partial charge on any atom is -0.290 e. The van der Waals surface area contributed by atoms with Gasteiger partial charge in [-0.05, 0) is 12.8 Å². The minimum absolute atomic E-state index is 0.194. The van der Waals surface area contributed by atoms with E-state index in [9.17, 15) is 0 Å². The maximum absolute atomic E-state index is 9.06. The highest BCUT2D eigenvalue weighted by molar-refractivity contribution is 6.39. The van der Waals surface area contributed by atoms with Crippen molar-refractivity contribution < 1.29 is 10.4 Å². The number of nitrogens with one attached hydrogen (secondary N) is 2. The van der Waals surface area contributed by atoms with Crippen molar-refractivity contribution in [1.29, 1.82) is 0 Å². The van der Waals surface area contributed by atoms with Crippen LogP contribution >= 0.6 is 0 Å². The van der Waals surface area contributed by atoms with E-state index in [4.69, 9.17) is 10.4 Å². The summed E-state index contributed by atoms with van der Waals surface area (Å²) in [7, 11) is 0. The van der Waals surface area contributed by atoms with E-state index in [0.717, 1.165) is 25.7 Å². The molecule has 0 aromatic heterocycles. The van der Waals surface area contributed by atoms with E-state index in [0.29, 0.717) is 13.1 Å². The third kappa shape index (κ3) is 9.75. The number of aliphatic imine (C=N–C) groups is 2. The summed E-state index contributed by atoms with van der Waals surface area (Å²) in [5, 5.41) is 18.1. The van der Waals surface area contributed by atoms with Crippen molar-refractivity contribution in [3.05, 3.63) is 0 Å². The number of rotatable bonds is 10. The molecule has 0 saturated carbocycles. The van der Waals surface area contributed by atoms with E-state index in [1.165, 1.54) is 25.7 Å². The van der Waals surface area contributed by atoms with Crippen molar-refractivity contribution >= 4 is 11.7 Å². The first-order valence-corrected chi connectivity index (χ1v) is 7.69. The molecule has 0 aliphatic carbocycles. The number of unbranched alkanes of at least 4 members (excludes halogenated alkanes) is 6. The van der Waals surface area contributed by atoms with E-state index in [-0.39, 0.29) is 11.7 Å². The monoisotopic (exact) mass is 286 g/mol. The van der Waals surface area contributed by atoms with E-state index < -0.39 is 0 Å². The van der Waals surface area contributed by atoms with Gasteiger partial charge >= 0.3 is 0 Å². The SMILES string of the molecule is CCCCCCN=C(NO)C(=NCCCCCC)NO. The first kappa shape index (κ1) is 18.9. The Hall–Kier alpha value is -1.14. The molecule has 4 N–H and O–H groups in total. The molecule has 0 radical (unpaired) electrons. The molecule has 0 aliphatic rings. The van der Waals surface area contributed by atoms with Crippen LogP contribution in [-0.4, -0.2) is 35.2 Å².